The molecule has 0 saturated carbocycles. The summed E-state index contributed by atoms with van der Waals surface area (Å²) in [5.74, 6) is 0. The van der Waals surface area contributed by atoms with Crippen LogP contribution in [-0.4, -0.2) is 4.98 Å². The summed E-state index contributed by atoms with van der Waals surface area (Å²) in [7, 11) is 0. The Balaban J connectivity index is 3.20. The van der Waals surface area contributed by atoms with E-state index in [9.17, 15) is 0 Å². The summed E-state index contributed by atoms with van der Waals surface area (Å²) in [6.45, 7) is 12.7. The van der Waals surface area contributed by atoms with Crippen LogP contribution < -0.4 is 0 Å². The van der Waals surface area contributed by atoms with Crippen molar-refractivity contribution in [2.75, 3.05) is 0 Å². The van der Waals surface area contributed by atoms with Gasteiger partial charge in [0.15, 0.2) is 0 Å². The molecule has 1 rings (SSSR count). The van der Waals surface area contributed by atoms with E-state index in [0.29, 0.717) is 0 Å². The summed E-state index contributed by atoms with van der Waals surface area (Å²) in [6, 6.07) is 4.04. The van der Waals surface area contributed by atoms with Crippen LogP contribution in [0.15, 0.2) is 31.0 Å². The monoisotopic (exact) mass is 201 g/mol. The van der Waals surface area contributed by atoms with Crippen LogP contribution in [0.3, 0.4) is 0 Å². The molecule has 1 aromatic heterocycles. The van der Waals surface area contributed by atoms with Gasteiger partial charge in [0.25, 0.3) is 0 Å². The first-order valence-electron chi connectivity index (χ1n) is 5.24. The molecular weight excluding hydrogens is 182 g/mol. The van der Waals surface area contributed by atoms with E-state index in [1.165, 1.54) is 0 Å². The van der Waals surface area contributed by atoms with Crippen molar-refractivity contribution < 1.29 is 0 Å². The molecule has 0 amide bonds. The molecule has 80 valence electrons. The van der Waals surface area contributed by atoms with E-state index in [1.54, 1.807) is 0 Å². The van der Waals surface area contributed by atoms with Crippen LogP contribution >= 0.6 is 0 Å². The summed E-state index contributed by atoms with van der Waals surface area (Å²) in [6.07, 6.45) is 5.84. The predicted molar refractivity (Wildman–Crippen MR) is 67.4 cm³/mol. The van der Waals surface area contributed by atoms with Crippen molar-refractivity contribution in [3.63, 3.8) is 0 Å². The molecule has 1 heterocycles. The molecule has 0 aliphatic rings. The van der Waals surface area contributed by atoms with E-state index in [1.807, 2.05) is 31.3 Å². The zero-order chi connectivity index (χ0) is 11.5. The second-order valence-corrected chi connectivity index (χ2v) is 4.66. The topological polar surface area (TPSA) is 12.9 Å². The van der Waals surface area contributed by atoms with Gasteiger partial charge in [-0.1, -0.05) is 39.5 Å². The van der Waals surface area contributed by atoms with Gasteiger partial charge in [0.2, 0.25) is 0 Å². The highest BCUT2D eigenvalue weighted by molar-refractivity contribution is 5.73. The third-order valence-corrected chi connectivity index (χ3v) is 2.39. The van der Waals surface area contributed by atoms with Gasteiger partial charge in [-0.25, -0.2) is 0 Å². The largest absolute Gasteiger partial charge is 0.256 e. The molecule has 0 aliphatic carbocycles. The van der Waals surface area contributed by atoms with Crippen molar-refractivity contribution in [3.8, 4) is 0 Å². The van der Waals surface area contributed by atoms with Crippen molar-refractivity contribution in [2.45, 2.75) is 27.7 Å². The lowest BCUT2D eigenvalue weighted by atomic mass is 9.82. The minimum Gasteiger partial charge on any atom is -0.256 e. The molecule has 0 bridgehead atoms. The van der Waals surface area contributed by atoms with Gasteiger partial charge >= 0.3 is 0 Å². The zero-order valence-electron chi connectivity index (χ0n) is 10.0. The van der Waals surface area contributed by atoms with Crippen molar-refractivity contribution in [1.29, 1.82) is 0 Å². The van der Waals surface area contributed by atoms with E-state index in [-0.39, 0.29) is 5.41 Å². The lowest BCUT2D eigenvalue weighted by Crippen LogP contribution is -2.08. The minimum atomic E-state index is 0.0827. The lowest BCUT2D eigenvalue weighted by molar-refractivity contribution is 0.567. The lowest BCUT2D eigenvalue weighted by Gasteiger charge is -2.23. The summed E-state index contributed by atoms with van der Waals surface area (Å²) < 4.78 is 0. The first-order chi connectivity index (χ1) is 6.96. The molecule has 15 heavy (non-hydrogen) atoms. The van der Waals surface area contributed by atoms with Crippen LogP contribution in [0.4, 0.5) is 0 Å². The third kappa shape index (κ3) is 2.79. The molecule has 0 N–H and O–H groups in total. The average molecular weight is 201 g/mol. The second-order valence-electron chi connectivity index (χ2n) is 4.66. The molecule has 0 unspecified atom stereocenters. The van der Waals surface area contributed by atoms with E-state index < -0.39 is 0 Å². The zero-order valence-corrected chi connectivity index (χ0v) is 10.0. The SMILES string of the molecule is C=C(c1cccnc1/C=C\C)C(C)(C)C. The van der Waals surface area contributed by atoms with Crippen LogP contribution in [-0.2, 0) is 0 Å². The van der Waals surface area contributed by atoms with Gasteiger partial charge in [0.05, 0.1) is 5.69 Å². The van der Waals surface area contributed by atoms with E-state index in [0.717, 1.165) is 16.8 Å². The number of allylic oxidation sites excluding steroid dienone is 2. The fourth-order valence-electron chi connectivity index (χ4n) is 1.37. The van der Waals surface area contributed by atoms with Crippen LogP contribution in [0.5, 0.6) is 0 Å². The maximum Gasteiger partial charge on any atom is 0.0701 e. The summed E-state index contributed by atoms with van der Waals surface area (Å²) in [5.41, 5.74) is 3.35. The quantitative estimate of drug-likeness (QED) is 0.699. The van der Waals surface area contributed by atoms with Gasteiger partial charge in [-0.05, 0) is 30.1 Å². The fraction of sp³-hybridized carbons (Fsp3) is 0.357. The Bertz CT molecular complexity index is 381. The van der Waals surface area contributed by atoms with Crippen LogP contribution in [0.2, 0.25) is 0 Å². The van der Waals surface area contributed by atoms with Crippen LogP contribution in [0, 0.1) is 5.41 Å². The highest BCUT2D eigenvalue weighted by atomic mass is 14.7. The third-order valence-electron chi connectivity index (χ3n) is 2.39. The summed E-state index contributed by atoms with van der Waals surface area (Å²) >= 11 is 0. The first kappa shape index (κ1) is 11.7. The second kappa shape index (κ2) is 4.43. The number of pyridine rings is 1. The number of nitrogens with zero attached hydrogens (tertiary/aromatic N) is 1. The molecule has 0 aliphatic heterocycles. The Morgan fingerprint density at radius 2 is 2.07 bits per heavy atom. The van der Waals surface area contributed by atoms with Crippen molar-refractivity contribution in [3.05, 3.63) is 42.2 Å². The number of hydrogen-bond donors (Lipinski definition) is 0. The molecule has 1 aromatic rings. The highest BCUT2D eigenvalue weighted by Gasteiger charge is 2.18. The molecule has 0 radical (unpaired) electrons. The Morgan fingerprint density at radius 3 is 2.60 bits per heavy atom. The standard InChI is InChI=1S/C14H19N/c1-6-8-13-12(9-7-10-15-13)11(2)14(3,4)5/h6-10H,2H2,1,3-5H3/b8-6-. The molecule has 0 atom stereocenters. The Hall–Kier alpha value is -1.37. The molecule has 1 nitrogen and oxygen atoms in total. The molecule has 1 heteroatoms. The van der Waals surface area contributed by atoms with Gasteiger partial charge in [0.1, 0.15) is 0 Å². The Morgan fingerprint density at radius 1 is 1.40 bits per heavy atom. The van der Waals surface area contributed by atoms with Crippen molar-refractivity contribution >= 4 is 11.6 Å². The highest BCUT2D eigenvalue weighted by Crippen LogP contribution is 2.33. The van der Waals surface area contributed by atoms with Gasteiger partial charge < -0.3 is 0 Å². The predicted octanol–water partition coefficient (Wildman–Crippen LogP) is 4.17. The van der Waals surface area contributed by atoms with Gasteiger partial charge in [-0.2, -0.15) is 0 Å². The molecular formula is C14H19N. The number of aromatic nitrogens is 1. The van der Waals surface area contributed by atoms with E-state index in [2.05, 4.69) is 38.4 Å². The number of rotatable bonds is 2. The van der Waals surface area contributed by atoms with Crippen molar-refractivity contribution in [2.24, 2.45) is 5.41 Å². The molecule has 0 aromatic carbocycles. The van der Waals surface area contributed by atoms with E-state index >= 15 is 0 Å². The van der Waals surface area contributed by atoms with Gasteiger partial charge in [0, 0.05) is 11.8 Å². The smallest absolute Gasteiger partial charge is 0.0701 e. The minimum absolute atomic E-state index is 0.0827. The van der Waals surface area contributed by atoms with Gasteiger partial charge in [-0.3, -0.25) is 4.98 Å². The average Bonchev–Trinajstić information content (AvgIpc) is 2.17. The maximum absolute atomic E-state index is 4.36. The summed E-state index contributed by atoms with van der Waals surface area (Å²) in [5, 5.41) is 0. The molecule has 0 saturated heterocycles. The van der Waals surface area contributed by atoms with Crippen LogP contribution in [0.25, 0.3) is 11.6 Å². The first-order valence-corrected chi connectivity index (χ1v) is 5.24. The molecule has 0 spiro atoms. The van der Waals surface area contributed by atoms with Crippen molar-refractivity contribution in [1.82, 2.24) is 4.98 Å². The van der Waals surface area contributed by atoms with E-state index in [4.69, 9.17) is 0 Å². The van der Waals surface area contributed by atoms with Gasteiger partial charge in [-0.15, -0.1) is 0 Å². The van der Waals surface area contributed by atoms with Crippen LogP contribution in [0.1, 0.15) is 39.0 Å². The Labute approximate surface area is 92.6 Å². The molecule has 0 fully saturated rings. The summed E-state index contributed by atoms with van der Waals surface area (Å²) in [4.78, 5) is 4.36. The Kier molecular flexibility index (Phi) is 3.46. The maximum atomic E-state index is 4.36. The fourth-order valence-corrected chi connectivity index (χ4v) is 1.37. The number of hydrogen-bond acceptors (Lipinski definition) is 1. The normalized spacial score (nSPS) is 12.0.